The number of nitrogens with zero attached hydrogens (tertiary/aromatic N) is 3. The predicted molar refractivity (Wildman–Crippen MR) is 79.5 cm³/mol. The van der Waals surface area contributed by atoms with Crippen LogP contribution in [0.4, 0.5) is 5.95 Å². The van der Waals surface area contributed by atoms with Crippen LogP contribution in [0.25, 0.3) is 0 Å². The molecular formula is C14H27N5O. The standard InChI is InChI=1S/C14H27N5O/c1-10(15)11-5-7-19(8-6-11)13-16-12(17-18-13)9-20-14(2,3)4/h10-11H,5-9,15H2,1-4H3,(H,16,17,18). The highest BCUT2D eigenvalue weighted by Gasteiger charge is 2.24. The third-order valence-corrected chi connectivity index (χ3v) is 3.73. The van der Waals surface area contributed by atoms with Crippen molar-refractivity contribution in [3.63, 3.8) is 0 Å². The topological polar surface area (TPSA) is 80.1 Å². The van der Waals surface area contributed by atoms with Crippen LogP contribution in [0.3, 0.4) is 0 Å². The third kappa shape index (κ3) is 4.18. The second-order valence-electron chi connectivity index (χ2n) is 6.67. The van der Waals surface area contributed by atoms with Crippen LogP contribution >= 0.6 is 0 Å². The summed E-state index contributed by atoms with van der Waals surface area (Å²) in [5.74, 6) is 2.18. The molecule has 1 unspecified atom stereocenters. The van der Waals surface area contributed by atoms with E-state index in [9.17, 15) is 0 Å². The van der Waals surface area contributed by atoms with Gasteiger partial charge in [-0.05, 0) is 46.5 Å². The van der Waals surface area contributed by atoms with Crippen LogP contribution in [0.2, 0.25) is 0 Å². The number of rotatable bonds is 4. The summed E-state index contributed by atoms with van der Waals surface area (Å²) >= 11 is 0. The minimum absolute atomic E-state index is 0.164. The van der Waals surface area contributed by atoms with Crippen LogP contribution in [0.5, 0.6) is 0 Å². The van der Waals surface area contributed by atoms with Gasteiger partial charge >= 0.3 is 0 Å². The fourth-order valence-electron chi connectivity index (χ4n) is 2.40. The summed E-state index contributed by atoms with van der Waals surface area (Å²) in [6.45, 7) is 10.6. The molecular weight excluding hydrogens is 254 g/mol. The van der Waals surface area contributed by atoms with E-state index in [0.717, 1.165) is 37.7 Å². The Morgan fingerprint density at radius 3 is 2.60 bits per heavy atom. The zero-order valence-electron chi connectivity index (χ0n) is 13.0. The molecule has 1 aliphatic rings. The van der Waals surface area contributed by atoms with Crippen molar-refractivity contribution in [2.45, 2.75) is 58.8 Å². The quantitative estimate of drug-likeness (QED) is 0.877. The van der Waals surface area contributed by atoms with Crippen molar-refractivity contribution in [1.29, 1.82) is 0 Å². The molecule has 1 fully saturated rings. The number of nitrogens with one attached hydrogen (secondary N) is 1. The van der Waals surface area contributed by atoms with Crippen molar-refractivity contribution in [1.82, 2.24) is 15.2 Å². The molecule has 1 aromatic heterocycles. The average molecular weight is 281 g/mol. The molecule has 0 bridgehead atoms. The first kappa shape index (κ1) is 15.3. The lowest BCUT2D eigenvalue weighted by Gasteiger charge is -2.32. The van der Waals surface area contributed by atoms with Gasteiger partial charge in [-0.15, -0.1) is 5.10 Å². The molecule has 3 N–H and O–H groups in total. The van der Waals surface area contributed by atoms with E-state index in [1.807, 2.05) is 20.8 Å². The van der Waals surface area contributed by atoms with E-state index in [2.05, 4.69) is 27.0 Å². The van der Waals surface area contributed by atoms with Gasteiger partial charge in [0.2, 0.25) is 5.95 Å². The predicted octanol–water partition coefficient (Wildman–Crippen LogP) is 1.68. The van der Waals surface area contributed by atoms with Crippen LogP contribution in [-0.2, 0) is 11.3 Å². The lowest BCUT2D eigenvalue weighted by molar-refractivity contribution is -0.0179. The fraction of sp³-hybridized carbons (Fsp3) is 0.857. The van der Waals surface area contributed by atoms with E-state index >= 15 is 0 Å². The van der Waals surface area contributed by atoms with E-state index in [1.54, 1.807) is 0 Å². The summed E-state index contributed by atoms with van der Waals surface area (Å²) < 4.78 is 5.70. The first-order valence-corrected chi connectivity index (χ1v) is 7.41. The van der Waals surface area contributed by atoms with Crippen LogP contribution in [0.15, 0.2) is 0 Å². The zero-order valence-corrected chi connectivity index (χ0v) is 13.0. The molecule has 114 valence electrons. The van der Waals surface area contributed by atoms with E-state index in [-0.39, 0.29) is 11.6 Å². The molecule has 1 saturated heterocycles. The molecule has 0 spiro atoms. The second-order valence-corrected chi connectivity index (χ2v) is 6.67. The third-order valence-electron chi connectivity index (χ3n) is 3.73. The zero-order chi connectivity index (χ0) is 14.8. The molecule has 1 aromatic rings. The minimum Gasteiger partial charge on any atom is -0.368 e. The molecule has 2 rings (SSSR count). The summed E-state index contributed by atoms with van der Waals surface area (Å²) in [6.07, 6.45) is 2.22. The second kappa shape index (κ2) is 6.10. The number of piperidine rings is 1. The Balaban J connectivity index is 1.87. The van der Waals surface area contributed by atoms with E-state index in [4.69, 9.17) is 10.5 Å². The highest BCUT2D eigenvalue weighted by Crippen LogP contribution is 2.22. The first-order chi connectivity index (χ1) is 9.35. The molecule has 0 amide bonds. The molecule has 0 aliphatic carbocycles. The Hall–Kier alpha value is -1.14. The molecule has 0 saturated carbocycles. The van der Waals surface area contributed by atoms with Gasteiger partial charge in [-0.3, -0.25) is 5.10 Å². The molecule has 2 heterocycles. The maximum absolute atomic E-state index is 5.96. The highest BCUT2D eigenvalue weighted by atomic mass is 16.5. The van der Waals surface area contributed by atoms with Crippen LogP contribution in [-0.4, -0.2) is 39.9 Å². The SMILES string of the molecule is CC(N)C1CCN(c2n[nH]c(COC(C)(C)C)n2)CC1. The van der Waals surface area contributed by atoms with Gasteiger partial charge in [0, 0.05) is 19.1 Å². The van der Waals surface area contributed by atoms with E-state index < -0.39 is 0 Å². The number of nitrogens with two attached hydrogens (primary N) is 1. The number of hydrogen-bond acceptors (Lipinski definition) is 5. The van der Waals surface area contributed by atoms with Gasteiger partial charge in [-0.2, -0.15) is 4.98 Å². The highest BCUT2D eigenvalue weighted by molar-refractivity contribution is 5.29. The Morgan fingerprint density at radius 1 is 1.40 bits per heavy atom. The smallest absolute Gasteiger partial charge is 0.244 e. The van der Waals surface area contributed by atoms with Gasteiger partial charge in [-0.25, -0.2) is 0 Å². The minimum atomic E-state index is -0.164. The van der Waals surface area contributed by atoms with Crippen LogP contribution in [0.1, 0.15) is 46.4 Å². The number of aromatic amines is 1. The number of anilines is 1. The molecule has 1 atom stereocenters. The maximum Gasteiger partial charge on any atom is 0.244 e. The fourth-order valence-corrected chi connectivity index (χ4v) is 2.40. The van der Waals surface area contributed by atoms with Gasteiger partial charge in [0.25, 0.3) is 0 Å². The van der Waals surface area contributed by atoms with Crippen molar-refractivity contribution in [3.05, 3.63) is 5.82 Å². The van der Waals surface area contributed by atoms with Crippen molar-refractivity contribution in [3.8, 4) is 0 Å². The van der Waals surface area contributed by atoms with E-state index in [1.165, 1.54) is 0 Å². The average Bonchev–Trinajstić information content (AvgIpc) is 2.84. The van der Waals surface area contributed by atoms with Crippen molar-refractivity contribution in [2.75, 3.05) is 18.0 Å². The van der Waals surface area contributed by atoms with Gasteiger partial charge < -0.3 is 15.4 Å². The molecule has 0 radical (unpaired) electrons. The summed E-state index contributed by atoms with van der Waals surface area (Å²) in [5.41, 5.74) is 5.80. The summed E-state index contributed by atoms with van der Waals surface area (Å²) in [6, 6.07) is 0.278. The van der Waals surface area contributed by atoms with Crippen molar-refractivity contribution < 1.29 is 4.74 Å². The Labute approximate surface area is 121 Å². The summed E-state index contributed by atoms with van der Waals surface area (Å²) in [4.78, 5) is 6.73. The molecule has 6 nitrogen and oxygen atoms in total. The van der Waals surface area contributed by atoms with Gasteiger partial charge in [-0.1, -0.05) is 0 Å². The molecule has 20 heavy (non-hydrogen) atoms. The number of aromatic nitrogens is 3. The lowest BCUT2D eigenvalue weighted by Crippen LogP contribution is -2.40. The van der Waals surface area contributed by atoms with E-state index in [0.29, 0.717) is 12.5 Å². The molecule has 6 heteroatoms. The largest absolute Gasteiger partial charge is 0.368 e. The number of hydrogen-bond donors (Lipinski definition) is 2. The van der Waals surface area contributed by atoms with Crippen molar-refractivity contribution in [2.24, 2.45) is 11.7 Å². The lowest BCUT2D eigenvalue weighted by atomic mass is 9.91. The molecule has 1 aliphatic heterocycles. The Kier molecular flexibility index (Phi) is 4.65. The Bertz CT molecular complexity index is 415. The van der Waals surface area contributed by atoms with Crippen LogP contribution in [0, 0.1) is 5.92 Å². The molecule has 0 aromatic carbocycles. The normalized spacial score (nSPS) is 19.4. The summed E-state index contributed by atoms with van der Waals surface area (Å²) in [5, 5.41) is 7.25. The number of ether oxygens (including phenoxy) is 1. The monoisotopic (exact) mass is 281 g/mol. The number of H-pyrrole nitrogens is 1. The first-order valence-electron chi connectivity index (χ1n) is 7.41. The van der Waals surface area contributed by atoms with Crippen LogP contribution < -0.4 is 10.6 Å². The van der Waals surface area contributed by atoms with Gasteiger partial charge in [0.05, 0.1) is 5.60 Å². The summed E-state index contributed by atoms with van der Waals surface area (Å²) in [7, 11) is 0. The maximum atomic E-state index is 5.96. The van der Waals surface area contributed by atoms with Gasteiger partial charge in [0.1, 0.15) is 6.61 Å². The van der Waals surface area contributed by atoms with Gasteiger partial charge in [0.15, 0.2) is 5.82 Å². The van der Waals surface area contributed by atoms with Crippen molar-refractivity contribution >= 4 is 5.95 Å². The Morgan fingerprint density at radius 2 is 2.05 bits per heavy atom.